The Morgan fingerprint density at radius 2 is 2.05 bits per heavy atom. The normalized spacial score (nSPS) is 26.1. The minimum absolute atomic E-state index is 0.00801. The van der Waals surface area contributed by atoms with Crippen molar-refractivity contribution in [1.82, 2.24) is 0 Å². The van der Waals surface area contributed by atoms with Gasteiger partial charge in [0.2, 0.25) is 0 Å². The Balaban J connectivity index is 2.33. The number of hydrogen-bond donors (Lipinski definition) is 1. The summed E-state index contributed by atoms with van der Waals surface area (Å²) in [4.78, 5) is 0.987. The topological polar surface area (TPSA) is 97.4 Å². The van der Waals surface area contributed by atoms with Crippen LogP contribution in [-0.4, -0.2) is 0 Å². The molecule has 22 heavy (non-hydrogen) atoms. The third kappa shape index (κ3) is 1.78. The number of allylic oxidation sites excluding steroid dienone is 4. The van der Waals surface area contributed by atoms with E-state index >= 15 is 0 Å². The second-order valence-corrected chi connectivity index (χ2v) is 6.60. The van der Waals surface area contributed by atoms with Gasteiger partial charge in [-0.1, -0.05) is 12.1 Å². The van der Waals surface area contributed by atoms with Crippen molar-refractivity contribution >= 4 is 11.3 Å². The van der Waals surface area contributed by atoms with Crippen molar-refractivity contribution < 1.29 is 0 Å². The van der Waals surface area contributed by atoms with E-state index in [4.69, 9.17) is 5.73 Å². The highest BCUT2D eigenvalue weighted by Gasteiger charge is 2.54. The van der Waals surface area contributed by atoms with Gasteiger partial charge in [0.1, 0.15) is 6.07 Å². The van der Waals surface area contributed by atoms with Crippen molar-refractivity contribution in [2.24, 2.45) is 17.1 Å². The molecule has 1 aromatic rings. The molecule has 5 heteroatoms. The number of nitriles is 3. The van der Waals surface area contributed by atoms with Gasteiger partial charge in [0, 0.05) is 10.8 Å². The van der Waals surface area contributed by atoms with Gasteiger partial charge in [0.15, 0.2) is 5.41 Å². The molecular formula is C17H14N4S. The minimum Gasteiger partial charge on any atom is -0.399 e. The first-order valence-electron chi connectivity index (χ1n) is 7.16. The molecule has 2 N–H and O–H groups in total. The molecular weight excluding hydrogens is 292 g/mol. The van der Waals surface area contributed by atoms with Crippen LogP contribution in [0.2, 0.25) is 0 Å². The summed E-state index contributed by atoms with van der Waals surface area (Å²) in [7, 11) is 0. The number of nitrogens with two attached hydrogens (primary N) is 1. The maximum Gasteiger partial charge on any atom is 0.192 e. The van der Waals surface area contributed by atoms with Gasteiger partial charge in [-0.15, -0.1) is 11.3 Å². The van der Waals surface area contributed by atoms with Gasteiger partial charge in [-0.05, 0) is 42.2 Å². The van der Waals surface area contributed by atoms with Crippen LogP contribution in [0.15, 0.2) is 40.4 Å². The van der Waals surface area contributed by atoms with E-state index in [1.54, 1.807) is 0 Å². The third-order valence-electron chi connectivity index (χ3n) is 4.65. The monoisotopic (exact) mass is 306 g/mol. The molecule has 108 valence electrons. The number of thiophene rings is 1. The largest absolute Gasteiger partial charge is 0.399 e. The van der Waals surface area contributed by atoms with E-state index in [1.807, 2.05) is 17.5 Å². The Bertz CT molecular complexity index is 766. The lowest BCUT2D eigenvalue weighted by molar-refractivity contribution is 0.321. The molecule has 1 aromatic heterocycles. The van der Waals surface area contributed by atoms with Crippen molar-refractivity contribution in [3.05, 3.63) is 45.3 Å². The van der Waals surface area contributed by atoms with Crippen molar-refractivity contribution in [3.63, 3.8) is 0 Å². The lowest BCUT2D eigenvalue weighted by Crippen LogP contribution is -2.42. The van der Waals surface area contributed by atoms with Crippen LogP contribution in [0.25, 0.3) is 0 Å². The minimum atomic E-state index is -1.46. The summed E-state index contributed by atoms with van der Waals surface area (Å²) in [5.74, 6) is -0.292. The fraction of sp³-hybridized carbons (Fsp3) is 0.353. The summed E-state index contributed by atoms with van der Waals surface area (Å²) >= 11 is 1.54. The lowest BCUT2D eigenvalue weighted by Gasteiger charge is -2.42. The first-order chi connectivity index (χ1) is 10.7. The van der Waals surface area contributed by atoms with Crippen LogP contribution >= 0.6 is 11.3 Å². The molecule has 0 aliphatic heterocycles. The SMILES string of the molecule is N#CC1=C(N)C(C#N)(C#N)[C@H](c2cccs2)[C@H]2CCCC=C12. The van der Waals surface area contributed by atoms with Crippen molar-refractivity contribution in [2.75, 3.05) is 0 Å². The standard InChI is InChI=1S/C17H14N4S/c18-8-13-11-4-1-2-5-12(11)15(14-6-3-7-22-14)17(9-19,10-20)16(13)21/h3-4,6-7,12,15H,1-2,5,21H2/t12-,15-/m0/s1. The highest BCUT2D eigenvalue weighted by atomic mass is 32.1. The molecule has 0 bridgehead atoms. The van der Waals surface area contributed by atoms with Gasteiger partial charge in [0.05, 0.1) is 23.4 Å². The molecule has 2 atom stereocenters. The smallest absolute Gasteiger partial charge is 0.192 e. The Kier molecular flexibility index (Phi) is 3.49. The second kappa shape index (κ2) is 5.34. The molecule has 0 spiro atoms. The molecule has 0 saturated carbocycles. The molecule has 0 fully saturated rings. The number of hydrogen-bond acceptors (Lipinski definition) is 5. The molecule has 2 aliphatic carbocycles. The van der Waals surface area contributed by atoms with Crippen molar-refractivity contribution in [3.8, 4) is 18.2 Å². The van der Waals surface area contributed by atoms with Crippen molar-refractivity contribution in [1.29, 1.82) is 15.8 Å². The first kappa shape index (κ1) is 14.4. The summed E-state index contributed by atoms with van der Waals surface area (Å²) in [5, 5.41) is 31.0. The van der Waals surface area contributed by atoms with Crippen LogP contribution in [0.3, 0.4) is 0 Å². The first-order valence-corrected chi connectivity index (χ1v) is 8.04. The van der Waals surface area contributed by atoms with Gasteiger partial charge in [-0.3, -0.25) is 0 Å². The van der Waals surface area contributed by atoms with Crippen molar-refractivity contribution in [2.45, 2.75) is 25.2 Å². The summed E-state index contributed by atoms with van der Waals surface area (Å²) in [6, 6.07) is 10.3. The van der Waals surface area contributed by atoms with E-state index in [-0.39, 0.29) is 17.5 Å². The van der Waals surface area contributed by atoms with Crippen LogP contribution < -0.4 is 5.73 Å². The van der Waals surface area contributed by atoms with Gasteiger partial charge >= 0.3 is 0 Å². The molecule has 1 heterocycles. The number of rotatable bonds is 1. The Labute approximate surface area is 133 Å². The molecule has 4 nitrogen and oxygen atoms in total. The van der Waals surface area contributed by atoms with Crippen LogP contribution in [0, 0.1) is 45.3 Å². The Morgan fingerprint density at radius 3 is 2.64 bits per heavy atom. The highest BCUT2D eigenvalue weighted by Crippen LogP contribution is 2.56. The van der Waals surface area contributed by atoms with Crippen LogP contribution in [-0.2, 0) is 0 Å². The third-order valence-corrected chi connectivity index (χ3v) is 5.60. The van der Waals surface area contributed by atoms with Gasteiger partial charge < -0.3 is 5.73 Å². The molecule has 0 amide bonds. The average molecular weight is 306 g/mol. The molecule has 2 aliphatic rings. The summed E-state index contributed by atoms with van der Waals surface area (Å²) in [5.41, 5.74) is 6.08. The number of fused-ring (bicyclic) bond motifs is 1. The fourth-order valence-electron chi connectivity index (χ4n) is 3.65. The Hall–Kier alpha value is -2.55. The van der Waals surface area contributed by atoms with E-state index in [9.17, 15) is 15.8 Å². The fourth-order valence-corrected chi connectivity index (χ4v) is 4.61. The quantitative estimate of drug-likeness (QED) is 0.860. The summed E-state index contributed by atoms with van der Waals surface area (Å²) in [6.07, 6.45) is 4.84. The molecule has 0 aromatic carbocycles. The van der Waals surface area contributed by atoms with Gasteiger partial charge in [-0.2, -0.15) is 15.8 Å². The predicted octanol–water partition coefficient (Wildman–Crippen LogP) is 3.34. The van der Waals surface area contributed by atoms with E-state index in [2.05, 4.69) is 24.3 Å². The van der Waals surface area contributed by atoms with Crippen LogP contribution in [0.1, 0.15) is 30.1 Å². The van der Waals surface area contributed by atoms with E-state index in [0.717, 1.165) is 29.7 Å². The van der Waals surface area contributed by atoms with E-state index in [0.29, 0.717) is 5.57 Å². The zero-order valence-corrected chi connectivity index (χ0v) is 12.7. The molecule has 0 unspecified atom stereocenters. The van der Waals surface area contributed by atoms with Gasteiger partial charge in [0.25, 0.3) is 0 Å². The highest BCUT2D eigenvalue weighted by molar-refractivity contribution is 7.10. The summed E-state index contributed by atoms with van der Waals surface area (Å²) < 4.78 is 0. The van der Waals surface area contributed by atoms with E-state index in [1.165, 1.54) is 11.3 Å². The Morgan fingerprint density at radius 1 is 1.27 bits per heavy atom. The molecule has 0 saturated heterocycles. The molecule has 0 radical (unpaired) electrons. The maximum absolute atomic E-state index is 9.77. The van der Waals surface area contributed by atoms with E-state index < -0.39 is 5.41 Å². The lowest BCUT2D eigenvalue weighted by atomic mass is 9.58. The number of nitrogens with zero attached hydrogens (tertiary/aromatic N) is 3. The predicted molar refractivity (Wildman–Crippen MR) is 83.0 cm³/mol. The zero-order valence-electron chi connectivity index (χ0n) is 11.9. The van der Waals surface area contributed by atoms with Gasteiger partial charge in [-0.25, -0.2) is 0 Å². The second-order valence-electron chi connectivity index (χ2n) is 5.62. The molecule has 3 rings (SSSR count). The zero-order chi connectivity index (χ0) is 15.7. The maximum atomic E-state index is 9.77. The average Bonchev–Trinajstić information content (AvgIpc) is 3.08. The summed E-state index contributed by atoms with van der Waals surface area (Å²) in [6.45, 7) is 0. The van der Waals surface area contributed by atoms with Crippen LogP contribution in [0.5, 0.6) is 0 Å². The van der Waals surface area contributed by atoms with Crippen LogP contribution in [0.4, 0.5) is 0 Å².